The van der Waals surface area contributed by atoms with Crippen LogP contribution >= 0.6 is 11.6 Å². The van der Waals surface area contributed by atoms with Gasteiger partial charge >= 0.3 is 0 Å². The summed E-state index contributed by atoms with van der Waals surface area (Å²) < 4.78 is 27.1. The predicted octanol–water partition coefficient (Wildman–Crippen LogP) is 2.89. The highest BCUT2D eigenvalue weighted by Gasteiger charge is 2.14. The van der Waals surface area contributed by atoms with Gasteiger partial charge < -0.3 is 4.98 Å². The molecule has 0 amide bonds. The molecule has 2 heterocycles. The number of benzene rings is 1. The molecule has 0 saturated heterocycles. The molecule has 0 bridgehead atoms. The quantitative estimate of drug-likeness (QED) is 0.747. The Balaban J connectivity index is 1.88. The number of aromatic amines is 1. The number of nitrogens with zero attached hydrogens (tertiary/aromatic N) is 1. The fourth-order valence-electron chi connectivity index (χ4n) is 2.08. The van der Waals surface area contributed by atoms with Crippen LogP contribution in [0.25, 0.3) is 11.3 Å². The number of H-pyrrole nitrogens is 1. The molecule has 1 aromatic carbocycles. The van der Waals surface area contributed by atoms with E-state index in [1.807, 2.05) is 0 Å². The highest BCUT2D eigenvalue weighted by molar-refractivity contribution is 7.92. The fraction of sp³-hybridized carbons (Fsp3) is 0. The Bertz CT molecular complexity index is 1020. The minimum absolute atomic E-state index is 0.0959. The van der Waals surface area contributed by atoms with E-state index in [1.165, 1.54) is 24.4 Å². The number of rotatable bonds is 4. The third-order valence-electron chi connectivity index (χ3n) is 3.25. The second-order valence-corrected chi connectivity index (χ2v) is 7.01. The summed E-state index contributed by atoms with van der Waals surface area (Å²) in [5, 5.41) is 0.0959. The molecule has 0 aliphatic rings. The zero-order chi connectivity index (χ0) is 17.2. The van der Waals surface area contributed by atoms with Gasteiger partial charge in [-0.2, -0.15) is 0 Å². The van der Waals surface area contributed by atoms with Crippen molar-refractivity contribution in [2.75, 3.05) is 4.72 Å². The van der Waals surface area contributed by atoms with Crippen LogP contribution in [0.3, 0.4) is 0 Å². The normalized spacial score (nSPS) is 11.2. The second-order valence-electron chi connectivity index (χ2n) is 4.92. The van der Waals surface area contributed by atoms with Crippen LogP contribution in [0.5, 0.6) is 0 Å². The molecule has 0 spiro atoms. The molecule has 0 fully saturated rings. The maximum Gasteiger partial charge on any atom is 0.267 e. The van der Waals surface area contributed by atoms with E-state index in [-0.39, 0.29) is 9.92 Å². The third kappa shape index (κ3) is 3.47. The van der Waals surface area contributed by atoms with Gasteiger partial charge in [0, 0.05) is 11.9 Å². The van der Waals surface area contributed by atoms with Crippen molar-refractivity contribution in [2.45, 2.75) is 4.90 Å². The Morgan fingerprint density at radius 3 is 2.42 bits per heavy atom. The summed E-state index contributed by atoms with van der Waals surface area (Å²) in [6, 6.07) is 12.5. The number of nitrogens with one attached hydrogen (secondary N) is 2. The van der Waals surface area contributed by atoms with Crippen molar-refractivity contribution in [2.24, 2.45) is 0 Å². The van der Waals surface area contributed by atoms with Gasteiger partial charge in [-0.3, -0.25) is 14.5 Å². The van der Waals surface area contributed by atoms with Crippen molar-refractivity contribution in [3.63, 3.8) is 0 Å². The molecule has 6 nitrogen and oxygen atoms in total. The molecule has 3 aromatic rings. The standard InChI is InChI=1S/C16H12ClN3O3S/c17-14-7-8-15(19-16(14)21)11-3-5-13(6-4-11)24(22,23)20-12-2-1-9-18-10-12/h1-10,20H,(H,19,21). The van der Waals surface area contributed by atoms with Crippen molar-refractivity contribution >= 4 is 27.3 Å². The van der Waals surface area contributed by atoms with E-state index >= 15 is 0 Å². The Morgan fingerprint density at radius 1 is 1.04 bits per heavy atom. The van der Waals surface area contributed by atoms with Gasteiger partial charge in [-0.05, 0) is 42.0 Å². The highest BCUT2D eigenvalue weighted by Crippen LogP contribution is 2.21. The number of pyridine rings is 2. The van der Waals surface area contributed by atoms with E-state index in [1.54, 1.807) is 36.5 Å². The molecule has 0 aliphatic heterocycles. The first kappa shape index (κ1) is 16.2. The molecule has 8 heteroatoms. The number of aromatic nitrogens is 2. The molecular formula is C16H12ClN3O3S. The van der Waals surface area contributed by atoms with Crippen LogP contribution in [0.4, 0.5) is 5.69 Å². The molecule has 0 aliphatic carbocycles. The average molecular weight is 362 g/mol. The Hall–Kier alpha value is -2.64. The van der Waals surface area contributed by atoms with Gasteiger partial charge in [0.15, 0.2) is 0 Å². The van der Waals surface area contributed by atoms with E-state index in [4.69, 9.17) is 11.6 Å². The molecule has 0 radical (unpaired) electrons. The maximum absolute atomic E-state index is 12.3. The largest absolute Gasteiger partial charge is 0.321 e. The third-order valence-corrected chi connectivity index (χ3v) is 4.95. The maximum atomic E-state index is 12.3. The van der Waals surface area contributed by atoms with Crippen LogP contribution in [0.2, 0.25) is 5.02 Å². The lowest BCUT2D eigenvalue weighted by Gasteiger charge is -2.08. The van der Waals surface area contributed by atoms with Gasteiger partial charge in [-0.25, -0.2) is 8.42 Å². The van der Waals surface area contributed by atoms with Gasteiger partial charge in [0.2, 0.25) is 0 Å². The zero-order valence-electron chi connectivity index (χ0n) is 12.2. The lowest BCUT2D eigenvalue weighted by molar-refractivity contribution is 0.601. The van der Waals surface area contributed by atoms with Crippen molar-refractivity contribution < 1.29 is 8.42 Å². The number of hydrogen-bond donors (Lipinski definition) is 2. The molecule has 2 N–H and O–H groups in total. The summed E-state index contributed by atoms with van der Waals surface area (Å²) >= 11 is 5.69. The molecule has 122 valence electrons. The minimum atomic E-state index is -3.71. The zero-order valence-corrected chi connectivity index (χ0v) is 13.8. The van der Waals surface area contributed by atoms with Crippen LogP contribution in [0.15, 0.2) is 70.6 Å². The number of hydrogen-bond acceptors (Lipinski definition) is 4. The van der Waals surface area contributed by atoms with Gasteiger partial charge in [0.25, 0.3) is 15.6 Å². The fourth-order valence-corrected chi connectivity index (χ4v) is 3.23. The SMILES string of the molecule is O=c1[nH]c(-c2ccc(S(=O)(=O)Nc3cccnc3)cc2)ccc1Cl. The topological polar surface area (TPSA) is 91.9 Å². The first-order valence-corrected chi connectivity index (χ1v) is 8.74. The van der Waals surface area contributed by atoms with Crippen LogP contribution in [-0.4, -0.2) is 18.4 Å². The summed E-state index contributed by atoms with van der Waals surface area (Å²) in [5.41, 5.74) is 1.20. The molecule has 0 unspecified atom stereocenters. The summed E-state index contributed by atoms with van der Waals surface area (Å²) in [6.07, 6.45) is 2.98. The van der Waals surface area contributed by atoms with E-state index in [0.29, 0.717) is 16.9 Å². The number of halogens is 1. The van der Waals surface area contributed by atoms with Gasteiger partial charge in [-0.15, -0.1) is 0 Å². The molecule has 2 aromatic heterocycles. The number of sulfonamides is 1. The first-order valence-electron chi connectivity index (χ1n) is 6.88. The molecule has 0 saturated carbocycles. The molecular weight excluding hydrogens is 350 g/mol. The van der Waals surface area contributed by atoms with Crippen molar-refractivity contribution in [1.82, 2.24) is 9.97 Å². The lowest BCUT2D eigenvalue weighted by Crippen LogP contribution is -2.13. The second kappa shape index (κ2) is 6.46. The Morgan fingerprint density at radius 2 is 1.79 bits per heavy atom. The van der Waals surface area contributed by atoms with Gasteiger partial charge in [0.1, 0.15) is 5.02 Å². The average Bonchev–Trinajstić information content (AvgIpc) is 2.58. The van der Waals surface area contributed by atoms with E-state index in [2.05, 4.69) is 14.7 Å². The molecule has 24 heavy (non-hydrogen) atoms. The van der Waals surface area contributed by atoms with Crippen LogP contribution in [-0.2, 0) is 10.0 Å². The van der Waals surface area contributed by atoms with Crippen LogP contribution < -0.4 is 10.3 Å². The smallest absolute Gasteiger partial charge is 0.267 e. The predicted molar refractivity (Wildman–Crippen MR) is 92.6 cm³/mol. The number of anilines is 1. The van der Waals surface area contributed by atoms with Crippen LogP contribution in [0.1, 0.15) is 0 Å². The van der Waals surface area contributed by atoms with Crippen molar-refractivity contribution in [3.05, 3.63) is 76.3 Å². The van der Waals surface area contributed by atoms with Crippen LogP contribution in [0, 0.1) is 0 Å². The molecule has 3 rings (SSSR count). The Labute approximate surface area is 143 Å². The van der Waals surface area contributed by atoms with Gasteiger partial charge in [0.05, 0.1) is 16.8 Å². The first-order chi connectivity index (χ1) is 11.5. The van der Waals surface area contributed by atoms with Crippen molar-refractivity contribution in [1.29, 1.82) is 0 Å². The van der Waals surface area contributed by atoms with E-state index in [0.717, 1.165) is 0 Å². The monoisotopic (exact) mass is 361 g/mol. The van der Waals surface area contributed by atoms with Gasteiger partial charge in [-0.1, -0.05) is 23.7 Å². The van der Waals surface area contributed by atoms with Crippen molar-refractivity contribution in [3.8, 4) is 11.3 Å². The summed E-state index contributed by atoms with van der Waals surface area (Å²) in [5.74, 6) is 0. The Kier molecular flexibility index (Phi) is 4.37. The summed E-state index contributed by atoms with van der Waals surface area (Å²) in [7, 11) is -3.71. The lowest BCUT2D eigenvalue weighted by atomic mass is 10.1. The summed E-state index contributed by atoms with van der Waals surface area (Å²) in [6.45, 7) is 0. The highest BCUT2D eigenvalue weighted by atomic mass is 35.5. The van der Waals surface area contributed by atoms with E-state index < -0.39 is 15.6 Å². The summed E-state index contributed by atoms with van der Waals surface area (Å²) in [4.78, 5) is 18.1. The van der Waals surface area contributed by atoms with E-state index in [9.17, 15) is 13.2 Å². The molecule has 0 atom stereocenters. The minimum Gasteiger partial charge on any atom is -0.321 e.